The number of nitrogens with two attached hydrogens (primary N) is 1. The van der Waals surface area contributed by atoms with Gasteiger partial charge in [0.1, 0.15) is 5.82 Å². The Hall–Kier alpha value is -2.43. The van der Waals surface area contributed by atoms with Gasteiger partial charge in [-0.1, -0.05) is 18.2 Å². The zero-order valence-electron chi connectivity index (χ0n) is 11.0. The topological polar surface area (TPSA) is 76.3 Å². The Morgan fingerprint density at radius 3 is 2.60 bits per heavy atom. The van der Waals surface area contributed by atoms with Gasteiger partial charge in [-0.2, -0.15) is 0 Å². The molecule has 0 bridgehead atoms. The second kappa shape index (κ2) is 4.92. The maximum absolute atomic E-state index is 11.8. The van der Waals surface area contributed by atoms with Gasteiger partial charge in [0.05, 0.1) is 12.1 Å². The van der Waals surface area contributed by atoms with Crippen molar-refractivity contribution in [1.82, 2.24) is 9.88 Å². The van der Waals surface area contributed by atoms with Crippen molar-refractivity contribution in [1.29, 1.82) is 0 Å². The molecule has 2 aromatic rings. The Morgan fingerprint density at radius 1 is 1.15 bits per heavy atom. The fourth-order valence-corrected chi connectivity index (χ4v) is 2.45. The maximum Gasteiger partial charge on any atom is 0.229 e. The molecule has 1 aliphatic heterocycles. The second-order valence-corrected chi connectivity index (χ2v) is 4.95. The molecule has 20 heavy (non-hydrogen) atoms. The number of carbonyl (C=O) groups excluding carboxylic acids is 2. The molecule has 2 N–H and O–H groups in total. The molecule has 0 atom stereocenters. The Kier molecular flexibility index (Phi) is 3.10. The molecular formula is C15H15N3O2. The van der Waals surface area contributed by atoms with E-state index in [1.165, 1.54) is 4.90 Å². The number of aromatic nitrogens is 1. The lowest BCUT2D eigenvalue weighted by molar-refractivity contribution is -0.148. The monoisotopic (exact) mass is 269 g/mol. The summed E-state index contributed by atoms with van der Waals surface area (Å²) in [6.07, 6.45) is 1.49. The van der Waals surface area contributed by atoms with E-state index in [1.54, 1.807) is 0 Å². The quantitative estimate of drug-likeness (QED) is 0.844. The van der Waals surface area contributed by atoms with Crippen LogP contribution in [-0.2, 0) is 16.1 Å². The van der Waals surface area contributed by atoms with Crippen LogP contribution in [0.4, 0.5) is 5.82 Å². The van der Waals surface area contributed by atoms with Gasteiger partial charge in [0.25, 0.3) is 0 Å². The van der Waals surface area contributed by atoms with E-state index in [1.807, 2.05) is 30.3 Å². The summed E-state index contributed by atoms with van der Waals surface area (Å²) >= 11 is 0. The first-order chi connectivity index (χ1) is 9.65. The van der Waals surface area contributed by atoms with Crippen molar-refractivity contribution in [2.24, 2.45) is 0 Å². The molecule has 0 saturated carbocycles. The van der Waals surface area contributed by atoms with Crippen LogP contribution in [0.5, 0.6) is 0 Å². The highest BCUT2D eigenvalue weighted by Gasteiger charge is 2.26. The lowest BCUT2D eigenvalue weighted by Gasteiger charge is -2.25. The maximum atomic E-state index is 11.8. The zero-order chi connectivity index (χ0) is 14.1. The first-order valence-electron chi connectivity index (χ1n) is 6.62. The number of likely N-dealkylation sites (tertiary alicyclic amines) is 1. The van der Waals surface area contributed by atoms with Crippen LogP contribution in [0.1, 0.15) is 24.8 Å². The average Bonchev–Trinajstić information content (AvgIpc) is 2.43. The average molecular weight is 269 g/mol. The van der Waals surface area contributed by atoms with E-state index in [2.05, 4.69) is 4.98 Å². The summed E-state index contributed by atoms with van der Waals surface area (Å²) in [6.45, 7) is 0.210. The third-order valence-corrected chi connectivity index (χ3v) is 3.55. The number of imide groups is 1. The number of anilines is 1. The molecule has 5 heteroatoms. The van der Waals surface area contributed by atoms with Crippen LogP contribution in [0.3, 0.4) is 0 Å². The molecule has 1 aromatic heterocycles. The van der Waals surface area contributed by atoms with Crippen LogP contribution in [0.15, 0.2) is 30.3 Å². The summed E-state index contributed by atoms with van der Waals surface area (Å²) in [6, 6.07) is 9.53. The molecule has 0 aliphatic carbocycles. The van der Waals surface area contributed by atoms with E-state index in [9.17, 15) is 9.59 Å². The summed E-state index contributed by atoms with van der Waals surface area (Å²) in [7, 11) is 0. The van der Waals surface area contributed by atoms with Crippen molar-refractivity contribution in [3.63, 3.8) is 0 Å². The van der Waals surface area contributed by atoms with Crippen molar-refractivity contribution >= 4 is 28.5 Å². The number of fused-ring (bicyclic) bond motifs is 1. The number of rotatable bonds is 2. The summed E-state index contributed by atoms with van der Waals surface area (Å²) < 4.78 is 0. The standard InChI is InChI=1S/C15H15N3O2/c16-15-11(8-10-4-1-2-5-12(10)17-15)9-18-13(19)6-3-7-14(18)20/h1-2,4-5,8H,3,6-7,9H2,(H2,16,17). The van der Waals surface area contributed by atoms with E-state index >= 15 is 0 Å². The van der Waals surface area contributed by atoms with Crippen molar-refractivity contribution in [3.05, 3.63) is 35.9 Å². The van der Waals surface area contributed by atoms with E-state index in [0.717, 1.165) is 10.9 Å². The van der Waals surface area contributed by atoms with Gasteiger partial charge < -0.3 is 5.73 Å². The number of piperidine rings is 1. The Labute approximate surface area is 116 Å². The first-order valence-corrected chi connectivity index (χ1v) is 6.62. The normalized spacial score (nSPS) is 15.9. The fraction of sp³-hybridized carbons (Fsp3) is 0.267. The summed E-state index contributed by atoms with van der Waals surface area (Å²) in [5, 5.41) is 0.952. The van der Waals surface area contributed by atoms with Crippen LogP contribution in [0.25, 0.3) is 10.9 Å². The number of nitrogen functional groups attached to an aromatic ring is 1. The van der Waals surface area contributed by atoms with E-state index in [0.29, 0.717) is 30.6 Å². The molecule has 2 amide bonds. The number of hydrogen-bond acceptors (Lipinski definition) is 4. The van der Waals surface area contributed by atoms with E-state index in [-0.39, 0.29) is 18.4 Å². The number of pyridine rings is 1. The highest BCUT2D eigenvalue weighted by atomic mass is 16.2. The number of para-hydroxylation sites is 1. The highest BCUT2D eigenvalue weighted by Crippen LogP contribution is 2.22. The van der Waals surface area contributed by atoms with Crippen molar-refractivity contribution < 1.29 is 9.59 Å². The molecule has 5 nitrogen and oxygen atoms in total. The SMILES string of the molecule is Nc1nc2ccccc2cc1CN1C(=O)CCCC1=O. The second-order valence-electron chi connectivity index (χ2n) is 4.95. The molecule has 0 unspecified atom stereocenters. The van der Waals surface area contributed by atoms with Gasteiger partial charge in [-0.25, -0.2) is 4.98 Å². The van der Waals surface area contributed by atoms with Gasteiger partial charge in [0.15, 0.2) is 0 Å². The third-order valence-electron chi connectivity index (χ3n) is 3.55. The van der Waals surface area contributed by atoms with Crippen LogP contribution in [0.2, 0.25) is 0 Å². The molecule has 3 rings (SSSR count). The molecule has 102 valence electrons. The highest BCUT2D eigenvalue weighted by molar-refractivity contribution is 5.97. The van der Waals surface area contributed by atoms with Gasteiger partial charge in [-0.05, 0) is 18.6 Å². The predicted octanol–water partition coefficient (Wildman–Crippen LogP) is 1.86. The lowest BCUT2D eigenvalue weighted by atomic mass is 10.1. The fourth-order valence-electron chi connectivity index (χ4n) is 2.45. The van der Waals surface area contributed by atoms with Gasteiger partial charge in [0, 0.05) is 23.8 Å². The molecule has 1 saturated heterocycles. The van der Waals surface area contributed by atoms with Crippen LogP contribution >= 0.6 is 0 Å². The molecular weight excluding hydrogens is 254 g/mol. The minimum absolute atomic E-state index is 0.131. The lowest BCUT2D eigenvalue weighted by Crippen LogP contribution is -2.39. The zero-order valence-corrected chi connectivity index (χ0v) is 11.0. The number of hydrogen-bond donors (Lipinski definition) is 1. The summed E-state index contributed by atoms with van der Waals surface area (Å²) in [4.78, 5) is 29.3. The number of amides is 2. The molecule has 1 aliphatic rings. The Balaban J connectivity index is 1.95. The van der Waals surface area contributed by atoms with Gasteiger partial charge >= 0.3 is 0 Å². The van der Waals surface area contributed by atoms with Crippen LogP contribution in [0, 0.1) is 0 Å². The van der Waals surface area contributed by atoms with Crippen molar-refractivity contribution in [2.75, 3.05) is 5.73 Å². The van der Waals surface area contributed by atoms with E-state index in [4.69, 9.17) is 5.73 Å². The summed E-state index contributed by atoms with van der Waals surface area (Å²) in [5.74, 6) is 0.109. The Morgan fingerprint density at radius 2 is 1.85 bits per heavy atom. The molecule has 1 aromatic carbocycles. The van der Waals surface area contributed by atoms with Gasteiger partial charge in [-0.15, -0.1) is 0 Å². The Bertz CT molecular complexity index is 681. The molecule has 2 heterocycles. The van der Waals surface area contributed by atoms with Crippen molar-refractivity contribution in [3.8, 4) is 0 Å². The van der Waals surface area contributed by atoms with Gasteiger partial charge in [-0.3, -0.25) is 14.5 Å². The van der Waals surface area contributed by atoms with Gasteiger partial charge in [0.2, 0.25) is 11.8 Å². The smallest absolute Gasteiger partial charge is 0.229 e. The first kappa shape index (κ1) is 12.6. The minimum atomic E-state index is -0.131. The number of benzene rings is 1. The number of carbonyl (C=O) groups is 2. The molecule has 0 spiro atoms. The number of nitrogens with zero attached hydrogens (tertiary/aromatic N) is 2. The largest absolute Gasteiger partial charge is 0.383 e. The summed E-state index contributed by atoms with van der Waals surface area (Å²) in [5.41, 5.74) is 7.46. The predicted molar refractivity (Wildman–Crippen MR) is 75.6 cm³/mol. The third kappa shape index (κ3) is 2.22. The van der Waals surface area contributed by atoms with Crippen LogP contribution in [-0.4, -0.2) is 21.7 Å². The molecule has 0 radical (unpaired) electrons. The minimum Gasteiger partial charge on any atom is -0.383 e. The van der Waals surface area contributed by atoms with Crippen LogP contribution < -0.4 is 5.73 Å². The molecule has 1 fully saturated rings. The van der Waals surface area contributed by atoms with Crippen molar-refractivity contribution in [2.45, 2.75) is 25.8 Å². The van der Waals surface area contributed by atoms with E-state index < -0.39 is 0 Å².